The fraction of sp³-hybridized carbons (Fsp3) is 0.167. The van der Waals surface area contributed by atoms with Crippen molar-refractivity contribution in [2.75, 3.05) is 7.11 Å². The minimum absolute atomic E-state index is 0.0761. The molecule has 3 aromatic rings. The van der Waals surface area contributed by atoms with E-state index in [0.717, 1.165) is 22.3 Å². The van der Waals surface area contributed by atoms with Crippen LogP contribution in [0.1, 0.15) is 16.8 Å². The number of ether oxygens (including phenoxy) is 1. The number of benzene rings is 2. The lowest BCUT2D eigenvalue weighted by Gasteiger charge is -2.04. The van der Waals surface area contributed by atoms with E-state index in [2.05, 4.69) is 9.73 Å². The molecule has 0 aliphatic heterocycles. The van der Waals surface area contributed by atoms with Crippen LogP contribution in [0.5, 0.6) is 0 Å². The van der Waals surface area contributed by atoms with Crippen LogP contribution in [0.15, 0.2) is 47.5 Å². The molecule has 0 spiro atoms. The summed E-state index contributed by atoms with van der Waals surface area (Å²) < 4.78 is 34.8. The normalized spacial score (nSPS) is 11.7. The van der Waals surface area contributed by atoms with E-state index >= 15 is 0 Å². The summed E-state index contributed by atoms with van der Waals surface area (Å²) in [6.45, 7) is 0.225. The lowest BCUT2D eigenvalue weighted by atomic mass is 10.2. The summed E-state index contributed by atoms with van der Waals surface area (Å²) in [6.07, 6.45) is 0.0761. The van der Waals surface area contributed by atoms with E-state index < -0.39 is 29.1 Å². The molecule has 0 saturated carbocycles. The van der Waals surface area contributed by atoms with E-state index in [0.29, 0.717) is 0 Å². The number of aryl methyl sites for hydroxylation is 1. The Labute approximate surface area is 151 Å². The van der Waals surface area contributed by atoms with Crippen LogP contribution in [0, 0.1) is 11.6 Å². The van der Waals surface area contributed by atoms with Crippen molar-refractivity contribution in [1.82, 2.24) is 4.57 Å². The number of methoxy groups -OCH3 is 1. The number of halogens is 2. The third-order valence-corrected chi connectivity index (χ3v) is 4.79. The number of para-hydroxylation sites is 1. The van der Waals surface area contributed by atoms with Gasteiger partial charge in [0.2, 0.25) is 0 Å². The molecule has 1 amide bonds. The summed E-state index contributed by atoms with van der Waals surface area (Å²) in [5.41, 5.74) is 0.0615. The van der Waals surface area contributed by atoms with Crippen molar-refractivity contribution in [3.05, 3.63) is 64.5 Å². The molecule has 1 heterocycles. The van der Waals surface area contributed by atoms with Gasteiger partial charge in [-0.2, -0.15) is 4.99 Å². The molecule has 26 heavy (non-hydrogen) atoms. The van der Waals surface area contributed by atoms with E-state index in [-0.39, 0.29) is 17.8 Å². The Balaban J connectivity index is 2.10. The van der Waals surface area contributed by atoms with E-state index in [9.17, 15) is 18.4 Å². The van der Waals surface area contributed by atoms with Crippen molar-refractivity contribution in [3.63, 3.8) is 0 Å². The van der Waals surface area contributed by atoms with Crippen molar-refractivity contribution < 1.29 is 23.1 Å². The summed E-state index contributed by atoms with van der Waals surface area (Å²) in [7, 11) is 1.29. The maximum atomic E-state index is 13.8. The van der Waals surface area contributed by atoms with Crippen LogP contribution in [-0.2, 0) is 16.1 Å². The van der Waals surface area contributed by atoms with Crippen molar-refractivity contribution >= 4 is 33.4 Å². The number of nitrogens with zero attached hydrogens (tertiary/aromatic N) is 2. The van der Waals surface area contributed by atoms with Crippen LogP contribution in [0.2, 0.25) is 0 Å². The topological polar surface area (TPSA) is 60.7 Å². The Morgan fingerprint density at radius 2 is 1.81 bits per heavy atom. The fourth-order valence-electron chi connectivity index (χ4n) is 2.47. The minimum Gasteiger partial charge on any atom is -0.469 e. The zero-order chi connectivity index (χ0) is 18.7. The quantitative estimate of drug-likeness (QED) is 0.657. The van der Waals surface area contributed by atoms with Gasteiger partial charge in [-0.3, -0.25) is 9.59 Å². The van der Waals surface area contributed by atoms with Crippen molar-refractivity contribution in [2.45, 2.75) is 13.0 Å². The average molecular weight is 376 g/mol. The first kappa shape index (κ1) is 17.9. The van der Waals surface area contributed by atoms with Crippen molar-refractivity contribution in [3.8, 4) is 0 Å². The molecule has 0 atom stereocenters. The Morgan fingerprint density at radius 3 is 2.50 bits per heavy atom. The monoisotopic (exact) mass is 376 g/mol. The van der Waals surface area contributed by atoms with E-state index in [1.807, 2.05) is 24.3 Å². The van der Waals surface area contributed by atoms with E-state index in [1.54, 1.807) is 4.57 Å². The molecular weight excluding hydrogens is 362 g/mol. The molecule has 0 aliphatic rings. The Kier molecular flexibility index (Phi) is 5.22. The summed E-state index contributed by atoms with van der Waals surface area (Å²) in [4.78, 5) is 27.9. The molecule has 5 nitrogen and oxygen atoms in total. The van der Waals surface area contributed by atoms with Crippen LogP contribution >= 0.6 is 11.3 Å². The van der Waals surface area contributed by atoms with Crippen LogP contribution in [0.4, 0.5) is 8.78 Å². The predicted molar refractivity (Wildman–Crippen MR) is 92.7 cm³/mol. The third-order valence-electron chi connectivity index (χ3n) is 3.73. The number of esters is 1. The first-order chi connectivity index (χ1) is 12.5. The minimum atomic E-state index is -1.01. The Morgan fingerprint density at radius 1 is 1.12 bits per heavy atom. The van der Waals surface area contributed by atoms with Crippen molar-refractivity contribution in [1.29, 1.82) is 0 Å². The highest BCUT2D eigenvalue weighted by molar-refractivity contribution is 7.16. The molecule has 2 aromatic carbocycles. The standard InChI is InChI=1S/C18H14F2N2O3S/c1-25-15(23)9-10-22-13-7-2-3-8-14(13)26-18(22)21-17(24)16-11(19)5-4-6-12(16)20/h2-8H,9-10H2,1H3. The first-order valence-electron chi connectivity index (χ1n) is 7.69. The number of hydrogen-bond donors (Lipinski definition) is 0. The van der Waals surface area contributed by atoms with Crippen LogP contribution in [0.3, 0.4) is 0 Å². The number of aromatic nitrogens is 1. The van der Waals surface area contributed by atoms with Crippen LogP contribution in [0.25, 0.3) is 10.2 Å². The lowest BCUT2D eigenvalue weighted by Crippen LogP contribution is -2.19. The van der Waals surface area contributed by atoms with Gasteiger partial charge in [-0.15, -0.1) is 0 Å². The first-order valence-corrected chi connectivity index (χ1v) is 8.51. The molecule has 0 radical (unpaired) electrons. The van der Waals surface area contributed by atoms with Gasteiger partial charge >= 0.3 is 5.97 Å². The summed E-state index contributed by atoms with van der Waals surface area (Å²) >= 11 is 1.20. The smallest absolute Gasteiger partial charge is 0.307 e. The Bertz CT molecular complexity index is 1040. The van der Waals surface area contributed by atoms with E-state index in [4.69, 9.17) is 0 Å². The molecule has 134 valence electrons. The number of rotatable bonds is 4. The number of fused-ring (bicyclic) bond motifs is 1. The number of amides is 1. The number of carbonyl (C=O) groups is 2. The molecule has 8 heteroatoms. The molecule has 0 saturated heterocycles. The molecule has 3 rings (SSSR count). The fourth-order valence-corrected chi connectivity index (χ4v) is 3.53. The third kappa shape index (κ3) is 3.55. The average Bonchev–Trinajstić information content (AvgIpc) is 2.96. The van der Waals surface area contributed by atoms with E-state index in [1.165, 1.54) is 24.5 Å². The molecule has 0 aliphatic carbocycles. The second-order valence-corrected chi connectivity index (χ2v) is 6.35. The summed E-state index contributed by atoms with van der Waals surface area (Å²) in [5, 5.41) is 0. The van der Waals surface area contributed by atoms with Crippen molar-refractivity contribution in [2.24, 2.45) is 4.99 Å². The zero-order valence-electron chi connectivity index (χ0n) is 13.7. The lowest BCUT2D eigenvalue weighted by molar-refractivity contribution is -0.140. The highest BCUT2D eigenvalue weighted by Crippen LogP contribution is 2.18. The number of carbonyl (C=O) groups excluding carboxylic acids is 2. The maximum Gasteiger partial charge on any atom is 0.307 e. The molecule has 0 bridgehead atoms. The molecule has 1 aromatic heterocycles. The summed E-state index contributed by atoms with van der Waals surface area (Å²) in [5.74, 6) is -3.37. The van der Waals surface area contributed by atoms with Gasteiger partial charge in [0.15, 0.2) is 4.80 Å². The van der Waals surface area contributed by atoms with Gasteiger partial charge in [-0.25, -0.2) is 8.78 Å². The Hall–Kier alpha value is -2.87. The predicted octanol–water partition coefficient (Wildman–Crippen LogP) is 3.29. The van der Waals surface area contributed by atoms with Gasteiger partial charge in [-0.05, 0) is 24.3 Å². The highest BCUT2D eigenvalue weighted by atomic mass is 32.1. The summed E-state index contributed by atoms with van der Waals surface area (Å²) in [6, 6.07) is 10.5. The maximum absolute atomic E-state index is 13.8. The van der Waals surface area contributed by atoms with Crippen LogP contribution in [-0.4, -0.2) is 23.6 Å². The van der Waals surface area contributed by atoms with Crippen LogP contribution < -0.4 is 4.80 Å². The van der Waals surface area contributed by atoms with Gasteiger partial charge in [-0.1, -0.05) is 29.5 Å². The van der Waals surface area contributed by atoms with Gasteiger partial charge in [0.25, 0.3) is 5.91 Å². The van der Waals surface area contributed by atoms with Gasteiger partial charge in [0.05, 0.1) is 23.7 Å². The second kappa shape index (κ2) is 7.57. The van der Waals surface area contributed by atoms with Gasteiger partial charge < -0.3 is 9.30 Å². The number of hydrogen-bond acceptors (Lipinski definition) is 4. The SMILES string of the molecule is COC(=O)CCn1c(=NC(=O)c2c(F)cccc2F)sc2ccccc21. The van der Waals surface area contributed by atoms with Gasteiger partial charge in [0.1, 0.15) is 17.2 Å². The zero-order valence-corrected chi connectivity index (χ0v) is 14.6. The largest absolute Gasteiger partial charge is 0.469 e. The molecule has 0 fully saturated rings. The highest BCUT2D eigenvalue weighted by Gasteiger charge is 2.17. The second-order valence-electron chi connectivity index (χ2n) is 5.34. The number of thiazole rings is 1. The molecule has 0 N–H and O–H groups in total. The van der Waals surface area contributed by atoms with Gasteiger partial charge in [0, 0.05) is 6.54 Å². The molecule has 0 unspecified atom stereocenters. The molecular formula is C18H14F2N2O3S.